The molecule has 1 heterocycles. The molecule has 0 saturated carbocycles. The highest BCUT2D eigenvalue weighted by Crippen LogP contribution is 2.38. The Balaban J connectivity index is 2.22. The predicted molar refractivity (Wildman–Crippen MR) is 22.1 cm³/mol. The van der Waals surface area contributed by atoms with Crippen molar-refractivity contribution >= 4 is 0 Å². The zero-order valence-electron chi connectivity index (χ0n) is 3.48. The molecular formula is C5H6O. The van der Waals surface area contributed by atoms with Crippen molar-refractivity contribution in [2.75, 3.05) is 6.61 Å². The van der Waals surface area contributed by atoms with Gasteiger partial charge in [0.15, 0.2) is 0 Å². The van der Waals surface area contributed by atoms with Crippen molar-refractivity contribution in [2.24, 2.45) is 5.92 Å². The summed E-state index contributed by atoms with van der Waals surface area (Å²) in [6.07, 6.45) is 3.42. The van der Waals surface area contributed by atoms with Gasteiger partial charge in [-0.1, -0.05) is 0 Å². The van der Waals surface area contributed by atoms with Crippen LogP contribution in [0.2, 0.25) is 0 Å². The molecule has 0 aromatic carbocycles. The smallest absolute Gasteiger partial charge is 0.0998 e. The average molecular weight is 82.1 g/mol. The Kier molecular flexibility index (Phi) is 0.278. The molecule has 0 bridgehead atoms. The number of allylic oxidation sites excluding steroid dienone is 2. The third kappa shape index (κ3) is 0.171. The third-order valence-corrected chi connectivity index (χ3v) is 1.32. The van der Waals surface area contributed by atoms with E-state index in [0.717, 1.165) is 12.5 Å². The second-order valence-corrected chi connectivity index (χ2v) is 1.81. The first kappa shape index (κ1) is 2.67. The highest BCUT2D eigenvalue weighted by atomic mass is 16.5. The molecule has 0 amide bonds. The summed E-state index contributed by atoms with van der Waals surface area (Å²) in [6.45, 7) is 0.969. The van der Waals surface area contributed by atoms with Crippen LogP contribution in [0.1, 0.15) is 6.42 Å². The molecule has 2 rings (SSSR count). The maximum absolute atomic E-state index is 5.09. The van der Waals surface area contributed by atoms with Crippen molar-refractivity contribution in [3.05, 3.63) is 11.8 Å². The van der Waals surface area contributed by atoms with Crippen LogP contribution in [0.4, 0.5) is 0 Å². The van der Waals surface area contributed by atoms with Crippen LogP contribution < -0.4 is 0 Å². The second-order valence-electron chi connectivity index (χ2n) is 1.81. The van der Waals surface area contributed by atoms with Crippen LogP contribution in [0.5, 0.6) is 0 Å². The minimum absolute atomic E-state index is 0.782. The van der Waals surface area contributed by atoms with Crippen molar-refractivity contribution in [2.45, 2.75) is 6.42 Å². The van der Waals surface area contributed by atoms with Gasteiger partial charge in [-0.05, 0) is 12.5 Å². The summed E-state index contributed by atoms with van der Waals surface area (Å²) in [4.78, 5) is 0. The largest absolute Gasteiger partial charge is 0.498 e. The average Bonchev–Trinajstić information content (AvgIpc) is 2.17. The summed E-state index contributed by atoms with van der Waals surface area (Å²) in [7, 11) is 0. The molecule has 1 heteroatoms. The van der Waals surface area contributed by atoms with E-state index in [0.29, 0.717) is 0 Å². The van der Waals surface area contributed by atoms with Gasteiger partial charge in [-0.15, -0.1) is 0 Å². The summed E-state index contributed by atoms with van der Waals surface area (Å²) in [6, 6.07) is 0. The van der Waals surface area contributed by atoms with Crippen molar-refractivity contribution in [3.8, 4) is 0 Å². The fourth-order valence-electron chi connectivity index (χ4n) is 0.835. The van der Waals surface area contributed by atoms with Crippen molar-refractivity contribution < 1.29 is 4.74 Å². The van der Waals surface area contributed by atoms with Crippen LogP contribution in [0.25, 0.3) is 0 Å². The van der Waals surface area contributed by atoms with Gasteiger partial charge in [-0.3, -0.25) is 0 Å². The molecule has 1 atom stereocenters. The number of ether oxygens (including phenoxy) is 1. The summed E-state index contributed by atoms with van der Waals surface area (Å²) >= 11 is 0. The standard InChI is InChI=1S/C5H6O/c1-2-6-5-3-4(1)5/h3-4H,1-2H2. The first-order valence-electron chi connectivity index (χ1n) is 2.31. The van der Waals surface area contributed by atoms with Crippen LogP contribution in [0.3, 0.4) is 0 Å². The van der Waals surface area contributed by atoms with Crippen LogP contribution in [-0.2, 0) is 4.74 Å². The number of rotatable bonds is 0. The van der Waals surface area contributed by atoms with Gasteiger partial charge in [0.2, 0.25) is 0 Å². The van der Waals surface area contributed by atoms with Crippen LogP contribution in [-0.4, -0.2) is 6.61 Å². The quantitative estimate of drug-likeness (QED) is 0.422. The summed E-state index contributed by atoms with van der Waals surface area (Å²) in [5.41, 5.74) is 0. The summed E-state index contributed by atoms with van der Waals surface area (Å²) in [5.74, 6) is 2.03. The van der Waals surface area contributed by atoms with E-state index in [1.54, 1.807) is 0 Å². The fraction of sp³-hybridized carbons (Fsp3) is 0.600. The van der Waals surface area contributed by atoms with Crippen molar-refractivity contribution in [1.82, 2.24) is 0 Å². The molecule has 1 saturated heterocycles. The number of fused-ring (bicyclic) bond motifs is 1. The SMILES string of the molecule is C1=C2OCCC12. The first-order chi connectivity index (χ1) is 2.97. The molecule has 1 unspecified atom stereocenters. The lowest BCUT2D eigenvalue weighted by Gasteiger charge is -1.83. The molecule has 1 fully saturated rings. The van der Waals surface area contributed by atoms with Crippen molar-refractivity contribution in [1.29, 1.82) is 0 Å². The Bertz CT molecular complexity index is 105. The topological polar surface area (TPSA) is 9.23 Å². The molecule has 32 valence electrons. The van der Waals surface area contributed by atoms with Gasteiger partial charge in [0.05, 0.1) is 12.4 Å². The zero-order chi connectivity index (χ0) is 3.98. The fourth-order valence-corrected chi connectivity index (χ4v) is 0.835. The highest BCUT2D eigenvalue weighted by molar-refractivity contribution is 5.25. The van der Waals surface area contributed by atoms with E-state index in [1.165, 1.54) is 12.2 Å². The molecule has 6 heavy (non-hydrogen) atoms. The molecular weight excluding hydrogens is 76.1 g/mol. The lowest BCUT2D eigenvalue weighted by molar-refractivity contribution is 0.270. The van der Waals surface area contributed by atoms with Gasteiger partial charge in [0.25, 0.3) is 0 Å². The van der Waals surface area contributed by atoms with Crippen LogP contribution in [0, 0.1) is 5.92 Å². The van der Waals surface area contributed by atoms with Gasteiger partial charge in [-0.25, -0.2) is 0 Å². The normalized spacial score (nSPS) is 37.3. The summed E-state index contributed by atoms with van der Waals surface area (Å²) in [5, 5.41) is 0. The molecule has 0 aromatic heterocycles. The highest BCUT2D eigenvalue weighted by Gasteiger charge is 2.31. The predicted octanol–water partition coefficient (Wildman–Crippen LogP) is 0.920. The van der Waals surface area contributed by atoms with Gasteiger partial charge in [-0.2, -0.15) is 0 Å². The molecule has 1 aliphatic carbocycles. The molecule has 1 aliphatic heterocycles. The van der Waals surface area contributed by atoms with E-state index in [1.807, 2.05) is 0 Å². The first-order valence-corrected chi connectivity index (χ1v) is 2.31. The molecule has 0 spiro atoms. The van der Waals surface area contributed by atoms with Crippen molar-refractivity contribution in [3.63, 3.8) is 0 Å². The van der Waals surface area contributed by atoms with Gasteiger partial charge in [0, 0.05) is 5.92 Å². The van der Waals surface area contributed by atoms with E-state index in [4.69, 9.17) is 4.74 Å². The molecule has 0 N–H and O–H groups in total. The number of hydrogen-bond donors (Lipinski definition) is 0. The third-order valence-electron chi connectivity index (χ3n) is 1.32. The van der Waals surface area contributed by atoms with Gasteiger partial charge >= 0.3 is 0 Å². The van der Waals surface area contributed by atoms with E-state index in [-0.39, 0.29) is 0 Å². The lowest BCUT2D eigenvalue weighted by Crippen LogP contribution is -1.75. The lowest BCUT2D eigenvalue weighted by atomic mass is 10.3. The molecule has 1 nitrogen and oxygen atoms in total. The minimum atomic E-state index is 0.782. The molecule has 2 aliphatic rings. The maximum atomic E-state index is 5.09. The van der Waals surface area contributed by atoms with E-state index in [9.17, 15) is 0 Å². The monoisotopic (exact) mass is 82.0 g/mol. The van der Waals surface area contributed by atoms with E-state index >= 15 is 0 Å². The second kappa shape index (κ2) is 0.625. The Morgan fingerprint density at radius 2 is 2.83 bits per heavy atom. The van der Waals surface area contributed by atoms with Gasteiger partial charge < -0.3 is 4.74 Å². The van der Waals surface area contributed by atoms with Crippen LogP contribution >= 0.6 is 0 Å². The Labute approximate surface area is 36.6 Å². The maximum Gasteiger partial charge on any atom is 0.0998 e. The van der Waals surface area contributed by atoms with Gasteiger partial charge in [0.1, 0.15) is 0 Å². The zero-order valence-corrected chi connectivity index (χ0v) is 3.48. The minimum Gasteiger partial charge on any atom is -0.498 e. The Morgan fingerprint density at radius 1 is 1.83 bits per heavy atom. The number of hydrogen-bond acceptors (Lipinski definition) is 1. The Morgan fingerprint density at radius 3 is 3.00 bits per heavy atom. The molecule has 0 aromatic rings. The van der Waals surface area contributed by atoms with E-state index in [2.05, 4.69) is 6.08 Å². The molecule has 0 radical (unpaired) electrons. The Hall–Kier alpha value is -0.460. The summed E-state index contributed by atoms with van der Waals surface area (Å²) < 4.78 is 5.09. The van der Waals surface area contributed by atoms with Crippen LogP contribution in [0.15, 0.2) is 11.8 Å². The van der Waals surface area contributed by atoms with E-state index < -0.39 is 0 Å².